The number of nitrogens with zero attached hydrogens (tertiary/aromatic N) is 2. The van der Waals surface area contributed by atoms with Crippen LogP contribution < -0.4 is 16.0 Å². The Hall–Kier alpha value is -3.28. The first-order chi connectivity index (χ1) is 13.4. The second-order valence-corrected chi connectivity index (χ2v) is 6.94. The third-order valence-corrected chi connectivity index (χ3v) is 4.70. The van der Waals surface area contributed by atoms with E-state index in [0.717, 1.165) is 17.8 Å². The van der Waals surface area contributed by atoms with Crippen LogP contribution >= 0.6 is 0 Å². The van der Waals surface area contributed by atoms with E-state index in [1.165, 1.54) is 0 Å². The lowest BCUT2D eigenvalue weighted by molar-refractivity contribution is 0.102. The van der Waals surface area contributed by atoms with Gasteiger partial charge in [0.2, 0.25) is 0 Å². The molecule has 0 aliphatic heterocycles. The van der Waals surface area contributed by atoms with E-state index in [1.807, 2.05) is 42.5 Å². The molecule has 2 aromatic carbocycles. The van der Waals surface area contributed by atoms with Crippen LogP contribution in [0.3, 0.4) is 0 Å². The molecule has 0 atom stereocenters. The lowest BCUT2D eigenvalue weighted by Gasteiger charge is -2.29. The molecule has 0 spiro atoms. The number of nitrogen functional groups attached to an aromatic ring is 1. The van der Waals surface area contributed by atoms with Crippen LogP contribution in [0.4, 0.5) is 17.1 Å². The van der Waals surface area contributed by atoms with Gasteiger partial charge in [-0.3, -0.25) is 4.79 Å². The van der Waals surface area contributed by atoms with Gasteiger partial charge in [-0.25, -0.2) is 0 Å². The fourth-order valence-corrected chi connectivity index (χ4v) is 3.33. The maximum atomic E-state index is 12.9. The molecule has 0 aliphatic carbocycles. The van der Waals surface area contributed by atoms with E-state index in [-0.39, 0.29) is 5.91 Å². The molecule has 3 aromatic rings. The van der Waals surface area contributed by atoms with Gasteiger partial charge in [-0.1, -0.05) is 35.5 Å². The number of amides is 1. The van der Waals surface area contributed by atoms with Crippen molar-refractivity contribution in [2.24, 2.45) is 0 Å². The summed E-state index contributed by atoms with van der Waals surface area (Å²) in [7, 11) is 0. The summed E-state index contributed by atoms with van der Waals surface area (Å²) in [5.74, 6) is 0.193. The highest BCUT2D eigenvalue weighted by Crippen LogP contribution is 2.30. The lowest BCUT2D eigenvalue weighted by atomic mass is 10.1. The SMILES string of the molecule is CCN(c1ccc(NC(=O)c2c(-c3ccccc3)noc2C)cc1N)C(C)C. The first kappa shape index (κ1) is 19.5. The zero-order chi connectivity index (χ0) is 20.3. The van der Waals surface area contributed by atoms with Crippen molar-refractivity contribution in [1.82, 2.24) is 5.16 Å². The quantitative estimate of drug-likeness (QED) is 0.606. The van der Waals surface area contributed by atoms with Crippen molar-refractivity contribution in [3.63, 3.8) is 0 Å². The maximum absolute atomic E-state index is 12.9. The molecule has 0 saturated carbocycles. The molecule has 0 bridgehead atoms. The molecule has 1 aromatic heterocycles. The molecule has 0 aliphatic rings. The summed E-state index contributed by atoms with van der Waals surface area (Å²) in [6, 6.07) is 15.4. The highest BCUT2D eigenvalue weighted by Gasteiger charge is 2.22. The van der Waals surface area contributed by atoms with Gasteiger partial charge in [0.25, 0.3) is 5.91 Å². The van der Waals surface area contributed by atoms with Crippen LogP contribution in [0.25, 0.3) is 11.3 Å². The molecule has 0 saturated heterocycles. The Balaban J connectivity index is 1.87. The molecule has 0 unspecified atom stereocenters. The van der Waals surface area contributed by atoms with Gasteiger partial charge in [0.15, 0.2) is 0 Å². The van der Waals surface area contributed by atoms with Crippen LogP contribution in [-0.4, -0.2) is 23.7 Å². The van der Waals surface area contributed by atoms with Crippen molar-refractivity contribution < 1.29 is 9.32 Å². The van der Waals surface area contributed by atoms with Crippen LogP contribution in [0.5, 0.6) is 0 Å². The summed E-state index contributed by atoms with van der Waals surface area (Å²) in [6.45, 7) is 8.92. The van der Waals surface area contributed by atoms with Gasteiger partial charge in [-0.15, -0.1) is 0 Å². The van der Waals surface area contributed by atoms with Gasteiger partial charge in [0.05, 0.1) is 11.4 Å². The number of anilines is 3. The molecule has 0 radical (unpaired) electrons. The summed E-state index contributed by atoms with van der Waals surface area (Å²) in [5.41, 5.74) is 10.2. The van der Waals surface area contributed by atoms with E-state index in [9.17, 15) is 4.79 Å². The van der Waals surface area contributed by atoms with Crippen LogP contribution in [0.2, 0.25) is 0 Å². The van der Waals surface area contributed by atoms with E-state index in [0.29, 0.717) is 34.4 Å². The monoisotopic (exact) mass is 378 g/mol. The summed E-state index contributed by atoms with van der Waals surface area (Å²) >= 11 is 0. The zero-order valence-electron chi connectivity index (χ0n) is 16.7. The minimum Gasteiger partial charge on any atom is -0.397 e. The van der Waals surface area contributed by atoms with Gasteiger partial charge in [0.1, 0.15) is 17.0 Å². The average Bonchev–Trinajstić information content (AvgIpc) is 3.06. The van der Waals surface area contributed by atoms with Gasteiger partial charge in [0, 0.05) is 23.8 Å². The Morgan fingerprint density at radius 2 is 1.93 bits per heavy atom. The molecule has 6 nitrogen and oxygen atoms in total. The molecule has 0 fully saturated rings. The molecule has 6 heteroatoms. The minimum atomic E-state index is -0.277. The number of aromatic nitrogens is 1. The van der Waals surface area contributed by atoms with E-state index >= 15 is 0 Å². The van der Waals surface area contributed by atoms with E-state index in [2.05, 4.69) is 36.1 Å². The molecule has 1 amide bonds. The number of rotatable bonds is 6. The van der Waals surface area contributed by atoms with Crippen molar-refractivity contribution in [3.8, 4) is 11.3 Å². The van der Waals surface area contributed by atoms with E-state index < -0.39 is 0 Å². The molecule has 3 rings (SSSR count). The number of nitrogens with one attached hydrogen (secondary N) is 1. The second kappa shape index (κ2) is 8.17. The third-order valence-electron chi connectivity index (χ3n) is 4.70. The van der Waals surface area contributed by atoms with Crippen LogP contribution in [0, 0.1) is 6.92 Å². The molecular weight excluding hydrogens is 352 g/mol. The topological polar surface area (TPSA) is 84.4 Å². The fraction of sp³-hybridized carbons (Fsp3) is 0.273. The Bertz CT molecular complexity index is 964. The minimum absolute atomic E-state index is 0.277. The lowest BCUT2D eigenvalue weighted by Crippen LogP contribution is -2.31. The van der Waals surface area contributed by atoms with Crippen molar-refractivity contribution in [2.45, 2.75) is 33.7 Å². The number of hydrogen-bond acceptors (Lipinski definition) is 5. The summed E-state index contributed by atoms with van der Waals surface area (Å²) in [4.78, 5) is 15.1. The highest BCUT2D eigenvalue weighted by molar-refractivity contribution is 6.09. The van der Waals surface area contributed by atoms with Crippen LogP contribution in [0.15, 0.2) is 53.1 Å². The fourth-order valence-electron chi connectivity index (χ4n) is 3.33. The molecule has 28 heavy (non-hydrogen) atoms. The maximum Gasteiger partial charge on any atom is 0.261 e. The first-order valence-corrected chi connectivity index (χ1v) is 9.41. The molecule has 146 valence electrons. The Morgan fingerprint density at radius 3 is 2.54 bits per heavy atom. The number of carbonyl (C=O) groups excluding carboxylic acids is 1. The van der Waals surface area contributed by atoms with Gasteiger partial charge in [-0.2, -0.15) is 0 Å². The summed E-state index contributed by atoms with van der Waals surface area (Å²) < 4.78 is 5.28. The van der Waals surface area contributed by atoms with Gasteiger partial charge in [-0.05, 0) is 45.9 Å². The van der Waals surface area contributed by atoms with Crippen molar-refractivity contribution in [1.29, 1.82) is 0 Å². The number of aryl methyl sites for hydroxylation is 1. The second-order valence-electron chi connectivity index (χ2n) is 6.94. The molecule has 3 N–H and O–H groups in total. The van der Waals surface area contributed by atoms with Crippen molar-refractivity contribution in [3.05, 3.63) is 59.9 Å². The number of hydrogen-bond donors (Lipinski definition) is 2. The summed E-state index contributed by atoms with van der Waals surface area (Å²) in [6.07, 6.45) is 0. The largest absolute Gasteiger partial charge is 0.397 e. The van der Waals surface area contributed by atoms with Crippen LogP contribution in [-0.2, 0) is 0 Å². The molecule has 1 heterocycles. The van der Waals surface area contributed by atoms with E-state index in [1.54, 1.807) is 13.0 Å². The predicted octanol–water partition coefficient (Wildman–Crippen LogP) is 4.72. The smallest absolute Gasteiger partial charge is 0.261 e. The zero-order valence-corrected chi connectivity index (χ0v) is 16.7. The third kappa shape index (κ3) is 3.86. The van der Waals surface area contributed by atoms with E-state index in [4.69, 9.17) is 10.3 Å². The Kier molecular flexibility index (Phi) is 5.68. The highest BCUT2D eigenvalue weighted by atomic mass is 16.5. The van der Waals surface area contributed by atoms with Crippen molar-refractivity contribution in [2.75, 3.05) is 22.5 Å². The Labute approximate surface area is 165 Å². The van der Waals surface area contributed by atoms with Gasteiger partial charge < -0.3 is 20.5 Å². The van der Waals surface area contributed by atoms with Crippen LogP contribution in [0.1, 0.15) is 36.9 Å². The average molecular weight is 378 g/mol. The predicted molar refractivity (Wildman–Crippen MR) is 114 cm³/mol. The van der Waals surface area contributed by atoms with Crippen molar-refractivity contribution >= 4 is 23.0 Å². The number of carbonyl (C=O) groups is 1. The first-order valence-electron chi connectivity index (χ1n) is 9.41. The van der Waals surface area contributed by atoms with Gasteiger partial charge >= 0.3 is 0 Å². The Morgan fingerprint density at radius 1 is 1.21 bits per heavy atom. The molecular formula is C22H26N4O2. The number of benzene rings is 2. The normalized spacial score (nSPS) is 10.9. The summed E-state index contributed by atoms with van der Waals surface area (Å²) in [5, 5.41) is 6.98. The standard InChI is InChI=1S/C22H26N4O2/c1-5-26(14(2)3)19-12-11-17(13-18(19)23)24-22(27)20-15(4)28-25-21(20)16-9-7-6-8-10-16/h6-14H,5,23H2,1-4H3,(H,24,27). The number of nitrogens with two attached hydrogens (primary N) is 1.